The number of alkyl halides is 3. The van der Waals surface area contributed by atoms with Crippen LogP contribution in [0.2, 0.25) is 0 Å². The molecule has 0 spiro atoms. The van der Waals surface area contributed by atoms with E-state index in [1.807, 2.05) is 0 Å². The van der Waals surface area contributed by atoms with E-state index in [2.05, 4.69) is 0 Å². The molecule has 0 bridgehead atoms. The second-order valence-electron chi connectivity index (χ2n) is 2.93. The van der Waals surface area contributed by atoms with E-state index >= 15 is 0 Å². The third kappa shape index (κ3) is 1.13. The number of rotatable bonds is 1. The van der Waals surface area contributed by atoms with Gasteiger partial charge in [0.2, 0.25) is 8.54 Å². The summed E-state index contributed by atoms with van der Waals surface area (Å²) in [4.78, 5) is 11.4. The average molecular weight is 281 g/mol. The largest absolute Gasteiger partial charge is 0.275 e. The summed E-state index contributed by atoms with van der Waals surface area (Å²) < 4.78 is 19.7. The van der Waals surface area contributed by atoms with E-state index < -0.39 is 24.5 Å². The molecular formula is C6H8Cl3NO3S. The van der Waals surface area contributed by atoms with E-state index in [0.29, 0.717) is 4.31 Å². The lowest BCUT2D eigenvalue weighted by molar-refractivity contribution is -0.125. The Balaban J connectivity index is 3.51. The molecule has 0 saturated carbocycles. The van der Waals surface area contributed by atoms with E-state index in [4.69, 9.17) is 34.8 Å². The second-order valence-corrected chi connectivity index (χ2v) is 7.33. The number of sulfonamides is 1. The van der Waals surface area contributed by atoms with Gasteiger partial charge in [0.25, 0.3) is 15.9 Å². The van der Waals surface area contributed by atoms with E-state index in [0.717, 1.165) is 7.05 Å². The Morgan fingerprint density at radius 1 is 1.36 bits per heavy atom. The van der Waals surface area contributed by atoms with E-state index in [1.165, 1.54) is 6.92 Å². The number of halogens is 3. The molecule has 1 unspecified atom stereocenters. The Kier molecular flexibility index (Phi) is 2.77. The minimum Gasteiger partial charge on any atom is -0.270 e. The van der Waals surface area contributed by atoms with Gasteiger partial charge >= 0.3 is 0 Å². The summed E-state index contributed by atoms with van der Waals surface area (Å²) in [6, 6.07) is 0. The summed E-state index contributed by atoms with van der Waals surface area (Å²) in [6.45, 7) is 1.50. The molecule has 1 amide bonds. The Morgan fingerprint density at radius 2 is 1.79 bits per heavy atom. The number of carbonyl (C=O) groups excluding carboxylic acids is 1. The van der Waals surface area contributed by atoms with Crippen molar-refractivity contribution >= 4 is 50.7 Å². The molecule has 1 aliphatic rings. The summed E-state index contributed by atoms with van der Waals surface area (Å²) in [5.41, 5.74) is 0. The van der Waals surface area contributed by atoms with Crippen LogP contribution in [0.4, 0.5) is 0 Å². The fraction of sp³-hybridized carbons (Fsp3) is 0.833. The van der Waals surface area contributed by atoms with Gasteiger partial charge in [-0.15, -0.1) is 0 Å². The van der Waals surface area contributed by atoms with Gasteiger partial charge in [0.15, 0.2) is 0 Å². The van der Waals surface area contributed by atoms with Crippen molar-refractivity contribution < 1.29 is 13.2 Å². The van der Waals surface area contributed by atoms with Crippen molar-refractivity contribution in [2.45, 2.75) is 21.9 Å². The molecule has 1 heterocycles. The zero-order valence-electron chi connectivity index (χ0n) is 7.42. The maximum Gasteiger partial charge on any atom is 0.275 e. The van der Waals surface area contributed by atoms with Crippen molar-refractivity contribution in [3.63, 3.8) is 0 Å². The first kappa shape index (κ1) is 12.4. The molecular weight excluding hydrogens is 272 g/mol. The number of hydrogen-bond acceptors (Lipinski definition) is 3. The van der Waals surface area contributed by atoms with Gasteiger partial charge < -0.3 is 0 Å². The van der Waals surface area contributed by atoms with Gasteiger partial charge in [-0.25, -0.2) is 12.7 Å². The molecule has 1 rings (SSSR count). The topological polar surface area (TPSA) is 54.5 Å². The highest BCUT2D eigenvalue weighted by Gasteiger charge is 2.70. The smallest absolute Gasteiger partial charge is 0.270 e. The first-order chi connectivity index (χ1) is 6.13. The number of amides is 1. The molecule has 1 saturated heterocycles. The van der Waals surface area contributed by atoms with Gasteiger partial charge in [-0.05, 0) is 6.42 Å². The molecule has 4 nitrogen and oxygen atoms in total. The highest BCUT2D eigenvalue weighted by molar-refractivity contribution is 7.93. The quantitative estimate of drug-likeness (QED) is 0.681. The van der Waals surface area contributed by atoms with Crippen molar-refractivity contribution in [2.75, 3.05) is 7.05 Å². The summed E-state index contributed by atoms with van der Waals surface area (Å²) in [5.74, 6) is -0.919. The van der Waals surface area contributed by atoms with Crippen molar-refractivity contribution in [3.05, 3.63) is 0 Å². The highest BCUT2D eigenvalue weighted by Crippen LogP contribution is 2.52. The van der Waals surface area contributed by atoms with Gasteiger partial charge in [-0.3, -0.25) is 4.79 Å². The Labute approximate surface area is 97.2 Å². The van der Waals surface area contributed by atoms with Crippen LogP contribution in [-0.2, 0) is 14.8 Å². The molecule has 0 radical (unpaired) electrons. The van der Waals surface area contributed by atoms with Crippen molar-refractivity contribution in [2.24, 2.45) is 0 Å². The monoisotopic (exact) mass is 279 g/mol. The van der Waals surface area contributed by atoms with Gasteiger partial charge in [0, 0.05) is 7.05 Å². The summed E-state index contributed by atoms with van der Waals surface area (Å²) in [5, 5.41) is 0. The number of carbonyl (C=O) groups is 1. The van der Waals surface area contributed by atoms with Crippen LogP contribution in [-0.4, -0.2) is 34.2 Å². The highest BCUT2D eigenvalue weighted by atomic mass is 35.5. The molecule has 0 aromatic carbocycles. The lowest BCUT2D eigenvalue weighted by Gasteiger charge is -2.24. The number of hydrogen-bond donors (Lipinski definition) is 0. The first-order valence-corrected chi connectivity index (χ1v) is 6.30. The Hall–Kier alpha value is 0.290. The molecule has 0 N–H and O–H groups in total. The average Bonchev–Trinajstić information content (AvgIpc) is 2.19. The molecule has 1 aliphatic heterocycles. The van der Waals surface area contributed by atoms with Crippen LogP contribution in [0, 0.1) is 0 Å². The number of nitrogens with zero attached hydrogens (tertiary/aromatic N) is 1. The summed E-state index contributed by atoms with van der Waals surface area (Å²) in [6.07, 6.45) is -0.0556. The van der Waals surface area contributed by atoms with Crippen molar-refractivity contribution in [1.82, 2.24) is 4.31 Å². The maximum atomic E-state index is 11.7. The lowest BCUT2D eigenvalue weighted by atomic mass is 10.2. The van der Waals surface area contributed by atoms with Crippen LogP contribution in [0.25, 0.3) is 0 Å². The molecule has 0 aromatic heterocycles. The minimum absolute atomic E-state index is 0.0556. The van der Waals surface area contributed by atoms with Crippen LogP contribution in [0.1, 0.15) is 13.3 Å². The van der Waals surface area contributed by atoms with Crippen LogP contribution in [0.3, 0.4) is 0 Å². The van der Waals surface area contributed by atoms with Crippen LogP contribution in [0.15, 0.2) is 0 Å². The zero-order chi connectivity index (χ0) is 11.4. The maximum absolute atomic E-state index is 11.7. The van der Waals surface area contributed by atoms with Crippen LogP contribution in [0.5, 0.6) is 0 Å². The minimum atomic E-state index is -3.99. The molecule has 8 heteroatoms. The van der Waals surface area contributed by atoms with Crippen molar-refractivity contribution in [3.8, 4) is 0 Å². The summed E-state index contributed by atoms with van der Waals surface area (Å²) in [7, 11) is -2.91. The second kappa shape index (κ2) is 3.14. The normalized spacial score (nSPS) is 34.9. The zero-order valence-corrected chi connectivity index (χ0v) is 10.5. The lowest BCUT2D eigenvalue weighted by Crippen LogP contribution is -2.43. The predicted molar refractivity (Wildman–Crippen MR) is 55.0 cm³/mol. The van der Waals surface area contributed by atoms with Gasteiger partial charge in [-0.1, -0.05) is 41.7 Å². The fourth-order valence-electron chi connectivity index (χ4n) is 1.25. The molecule has 14 heavy (non-hydrogen) atoms. The third-order valence-electron chi connectivity index (χ3n) is 2.25. The van der Waals surface area contributed by atoms with Gasteiger partial charge in [0.05, 0.1) is 0 Å². The SMILES string of the molecule is CCC1(Cl)C(Cl)(Cl)C(=O)N(C)S1(=O)=O. The predicted octanol–water partition coefficient (Wildman–Crippen LogP) is 1.31. The Bertz CT molecular complexity index is 380. The fourth-order valence-corrected chi connectivity index (χ4v) is 4.41. The summed E-state index contributed by atoms with van der Waals surface area (Å²) >= 11 is 17.1. The Morgan fingerprint density at radius 3 is 1.93 bits per heavy atom. The van der Waals surface area contributed by atoms with Crippen LogP contribution >= 0.6 is 34.8 Å². The first-order valence-electron chi connectivity index (χ1n) is 3.72. The third-order valence-corrected chi connectivity index (χ3v) is 7.07. The van der Waals surface area contributed by atoms with E-state index in [9.17, 15) is 13.2 Å². The van der Waals surface area contributed by atoms with Crippen LogP contribution < -0.4 is 0 Å². The standard InChI is InChI=1S/C6H8Cl3NO3S/c1-3-5(7)6(8,9)4(11)10(2)14(5,12)13/h3H2,1-2H3. The van der Waals surface area contributed by atoms with Gasteiger partial charge in [0.1, 0.15) is 0 Å². The molecule has 82 valence electrons. The molecule has 1 fully saturated rings. The van der Waals surface area contributed by atoms with E-state index in [1.54, 1.807) is 0 Å². The molecule has 1 atom stereocenters. The molecule has 0 aromatic rings. The van der Waals surface area contributed by atoms with Crippen molar-refractivity contribution in [1.29, 1.82) is 0 Å². The van der Waals surface area contributed by atoms with E-state index in [-0.39, 0.29) is 6.42 Å². The van der Waals surface area contributed by atoms with Gasteiger partial charge in [-0.2, -0.15) is 0 Å². The molecule has 0 aliphatic carbocycles.